The minimum absolute atomic E-state index is 0. The number of nitrogens with zero attached hydrogens (tertiary/aromatic N) is 1. The van der Waals surface area contributed by atoms with E-state index in [1.165, 1.54) is 0 Å². The first-order chi connectivity index (χ1) is 9.33. The molecule has 6 heteroatoms. The smallest absolute Gasteiger partial charge is 0.251 e. The van der Waals surface area contributed by atoms with Crippen LogP contribution in [0.25, 0.3) is 10.9 Å². The van der Waals surface area contributed by atoms with Crippen LogP contribution in [0, 0.1) is 0 Å². The number of pyridine rings is 1. The lowest BCUT2D eigenvalue weighted by molar-refractivity contribution is 0.0931. The molecule has 1 saturated heterocycles. The summed E-state index contributed by atoms with van der Waals surface area (Å²) in [5, 5.41) is 7.37. The normalized spacial score (nSPS) is 17.4. The van der Waals surface area contributed by atoms with Gasteiger partial charge in [-0.25, -0.2) is 0 Å². The summed E-state index contributed by atoms with van der Waals surface area (Å²) in [6.07, 6.45) is 3.93. The second-order valence-corrected chi connectivity index (χ2v) is 4.93. The topological polar surface area (TPSA) is 54.0 Å². The molecule has 4 nitrogen and oxygen atoms in total. The number of carbonyl (C=O) groups excluding carboxylic acids is 1. The fourth-order valence-corrected chi connectivity index (χ4v) is 2.46. The van der Waals surface area contributed by atoms with Crippen LogP contribution < -0.4 is 10.6 Å². The van der Waals surface area contributed by atoms with Crippen LogP contribution >= 0.6 is 24.8 Å². The molecule has 2 heterocycles. The molecular weight excluding hydrogens is 309 g/mol. The Balaban J connectivity index is 0.00000110. The standard InChI is InChI=1S/C15H17N3O.2ClH/c19-15(18-13-4-2-7-16-10-13)12-5-6-14-11(9-12)3-1-8-17-14;;/h1,3,5-6,8-9,13,16H,2,4,7,10H2,(H,18,19);2*1H/t13-;;/m0../s1. The minimum Gasteiger partial charge on any atom is -0.348 e. The second kappa shape index (κ2) is 8.17. The molecule has 1 aromatic heterocycles. The van der Waals surface area contributed by atoms with Gasteiger partial charge in [-0.2, -0.15) is 0 Å². The summed E-state index contributed by atoms with van der Waals surface area (Å²) >= 11 is 0. The maximum absolute atomic E-state index is 12.2. The van der Waals surface area contributed by atoms with Gasteiger partial charge in [-0.1, -0.05) is 6.07 Å². The lowest BCUT2D eigenvalue weighted by Crippen LogP contribution is -2.45. The first-order valence-corrected chi connectivity index (χ1v) is 6.69. The zero-order valence-electron chi connectivity index (χ0n) is 11.5. The Morgan fingerprint density at radius 3 is 2.90 bits per heavy atom. The van der Waals surface area contributed by atoms with Crippen molar-refractivity contribution in [2.24, 2.45) is 0 Å². The van der Waals surface area contributed by atoms with E-state index in [-0.39, 0.29) is 36.8 Å². The zero-order valence-corrected chi connectivity index (χ0v) is 13.2. The molecule has 0 radical (unpaired) electrons. The van der Waals surface area contributed by atoms with Gasteiger partial charge in [0.1, 0.15) is 0 Å². The zero-order chi connectivity index (χ0) is 13.1. The summed E-state index contributed by atoms with van der Waals surface area (Å²) in [4.78, 5) is 16.5. The summed E-state index contributed by atoms with van der Waals surface area (Å²) in [5.41, 5.74) is 1.62. The number of halogens is 2. The predicted molar refractivity (Wildman–Crippen MR) is 89.6 cm³/mol. The number of amides is 1. The molecule has 0 bridgehead atoms. The number of fused-ring (bicyclic) bond motifs is 1. The molecule has 0 aliphatic carbocycles. The fourth-order valence-electron chi connectivity index (χ4n) is 2.46. The van der Waals surface area contributed by atoms with Crippen LogP contribution in [0.15, 0.2) is 36.5 Å². The van der Waals surface area contributed by atoms with Crippen molar-refractivity contribution >= 4 is 41.6 Å². The molecule has 1 fully saturated rings. The van der Waals surface area contributed by atoms with E-state index in [1.807, 2.05) is 30.3 Å². The highest BCUT2D eigenvalue weighted by Crippen LogP contribution is 2.13. The number of nitrogens with one attached hydrogen (secondary N) is 2. The van der Waals surface area contributed by atoms with Crippen molar-refractivity contribution in [3.8, 4) is 0 Å². The highest BCUT2D eigenvalue weighted by molar-refractivity contribution is 5.98. The van der Waals surface area contributed by atoms with E-state index < -0.39 is 0 Å². The average molecular weight is 328 g/mol. The van der Waals surface area contributed by atoms with Gasteiger partial charge in [-0.15, -0.1) is 24.8 Å². The van der Waals surface area contributed by atoms with Gasteiger partial charge in [0.15, 0.2) is 0 Å². The highest BCUT2D eigenvalue weighted by atomic mass is 35.5. The minimum atomic E-state index is -0.000506. The van der Waals surface area contributed by atoms with Crippen molar-refractivity contribution in [3.05, 3.63) is 42.1 Å². The Bertz CT molecular complexity index is 600. The number of rotatable bonds is 2. The van der Waals surface area contributed by atoms with E-state index >= 15 is 0 Å². The lowest BCUT2D eigenvalue weighted by Gasteiger charge is -2.23. The maximum Gasteiger partial charge on any atom is 0.251 e. The predicted octanol–water partition coefficient (Wildman–Crippen LogP) is 2.56. The van der Waals surface area contributed by atoms with E-state index in [1.54, 1.807) is 6.20 Å². The van der Waals surface area contributed by atoms with Crippen LogP contribution in [-0.2, 0) is 0 Å². The van der Waals surface area contributed by atoms with Crippen LogP contribution in [0.5, 0.6) is 0 Å². The van der Waals surface area contributed by atoms with Crippen LogP contribution in [0.3, 0.4) is 0 Å². The Hall–Kier alpha value is -1.36. The highest BCUT2D eigenvalue weighted by Gasteiger charge is 2.16. The first kappa shape index (κ1) is 17.7. The molecule has 2 aromatic rings. The Morgan fingerprint density at radius 1 is 1.29 bits per heavy atom. The number of hydrogen-bond donors (Lipinski definition) is 2. The summed E-state index contributed by atoms with van der Waals surface area (Å²) in [6, 6.07) is 9.72. The molecule has 1 aromatic carbocycles. The van der Waals surface area contributed by atoms with E-state index in [2.05, 4.69) is 15.6 Å². The van der Waals surface area contributed by atoms with Crippen LogP contribution in [0.2, 0.25) is 0 Å². The quantitative estimate of drug-likeness (QED) is 0.891. The van der Waals surface area contributed by atoms with Gasteiger partial charge < -0.3 is 10.6 Å². The summed E-state index contributed by atoms with van der Waals surface area (Å²) in [6.45, 7) is 1.91. The molecule has 0 spiro atoms. The molecule has 0 saturated carbocycles. The summed E-state index contributed by atoms with van der Waals surface area (Å²) in [7, 11) is 0. The fraction of sp³-hybridized carbons (Fsp3) is 0.333. The van der Waals surface area contributed by atoms with E-state index in [4.69, 9.17) is 0 Å². The molecule has 21 heavy (non-hydrogen) atoms. The Morgan fingerprint density at radius 2 is 2.14 bits per heavy atom. The van der Waals surface area contributed by atoms with Crippen molar-refractivity contribution in [1.82, 2.24) is 15.6 Å². The van der Waals surface area contributed by atoms with E-state index in [0.717, 1.165) is 36.8 Å². The van der Waals surface area contributed by atoms with Crippen LogP contribution in [-0.4, -0.2) is 30.0 Å². The summed E-state index contributed by atoms with van der Waals surface area (Å²) in [5.74, 6) is -0.000506. The molecule has 2 N–H and O–H groups in total. The van der Waals surface area contributed by atoms with Crippen LogP contribution in [0.4, 0.5) is 0 Å². The molecule has 0 unspecified atom stereocenters. The average Bonchev–Trinajstić information content (AvgIpc) is 2.48. The molecule has 114 valence electrons. The van der Waals surface area contributed by atoms with Crippen molar-refractivity contribution in [1.29, 1.82) is 0 Å². The third kappa shape index (κ3) is 4.30. The molecule has 1 atom stereocenters. The number of piperidine rings is 1. The van der Waals surface area contributed by atoms with Crippen molar-refractivity contribution in [2.75, 3.05) is 13.1 Å². The Kier molecular flexibility index (Phi) is 6.89. The first-order valence-electron chi connectivity index (χ1n) is 6.69. The number of hydrogen-bond acceptors (Lipinski definition) is 3. The number of carbonyl (C=O) groups is 1. The lowest BCUT2D eigenvalue weighted by atomic mass is 10.1. The van der Waals surface area contributed by atoms with Crippen molar-refractivity contribution in [3.63, 3.8) is 0 Å². The largest absolute Gasteiger partial charge is 0.348 e. The molecule has 1 amide bonds. The SMILES string of the molecule is Cl.Cl.O=C(N[C@H]1CCCNC1)c1ccc2ncccc2c1. The van der Waals surface area contributed by atoms with Crippen LogP contribution in [0.1, 0.15) is 23.2 Å². The maximum atomic E-state index is 12.2. The van der Waals surface area contributed by atoms with Crippen molar-refractivity contribution in [2.45, 2.75) is 18.9 Å². The van der Waals surface area contributed by atoms with Gasteiger partial charge >= 0.3 is 0 Å². The molecule has 3 rings (SSSR count). The second-order valence-electron chi connectivity index (χ2n) is 4.93. The van der Waals surface area contributed by atoms with E-state index in [9.17, 15) is 4.79 Å². The molecular formula is C15H19Cl2N3O. The van der Waals surface area contributed by atoms with Gasteiger partial charge in [-0.3, -0.25) is 9.78 Å². The van der Waals surface area contributed by atoms with Gasteiger partial charge in [0.25, 0.3) is 5.91 Å². The van der Waals surface area contributed by atoms with Crippen molar-refractivity contribution < 1.29 is 4.79 Å². The van der Waals surface area contributed by atoms with Gasteiger partial charge in [0.05, 0.1) is 5.52 Å². The van der Waals surface area contributed by atoms with Gasteiger partial charge in [0.2, 0.25) is 0 Å². The third-order valence-corrected chi connectivity index (χ3v) is 3.50. The third-order valence-electron chi connectivity index (χ3n) is 3.50. The number of aromatic nitrogens is 1. The van der Waals surface area contributed by atoms with Gasteiger partial charge in [0, 0.05) is 29.7 Å². The number of benzene rings is 1. The molecule has 1 aliphatic heterocycles. The summed E-state index contributed by atoms with van der Waals surface area (Å²) < 4.78 is 0. The monoisotopic (exact) mass is 327 g/mol. The van der Waals surface area contributed by atoms with Gasteiger partial charge in [-0.05, 0) is 43.7 Å². The Labute approximate surface area is 136 Å². The van der Waals surface area contributed by atoms with E-state index in [0.29, 0.717) is 5.56 Å². The molecule has 1 aliphatic rings.